The van der Waals surface area contributed by atoms with Gasteiger partial charge < -0.3 is 9.47 Å². The molecule has 0 saturated carbocycles. The van der Waals surface area contributed by atoms with E-state index in [0.29, 0.717) is 24.3 Å². The lowest BCUT2D eigenvalue weighted by atomic mass is 10.0. The normalized spacial score (nSPS) is 11.5. The molecule has 0 amide bonds. The van der Waals surface area contributed by atoms with Gasteiger partial charge in [0.25, 0.3) is 0 Å². The number of carbonyl (C=O) groups is 2. The number of ketones is 1. The second-order valence-electron chi connectivity index (χ2n) is 7.59. The minimum Gasteiger partial charge on any atom is -0.476 e. The van der Waals surface area contributed by atoms with Crippen LogP contribution in [0, 0.1) is 13.8 Å². The molecule has 4 nitrogen and oxygen atoms in total. The Bertz CT molecular complexity index is 904. The topological polar surface area (TPSA) is 52.6 Å². The molecule has 0 radical (unpaired) electrons. The second kappa shape index (κ2) is 10.5. The van der Waals surface area contributed by atoms with Crippen LogP contribution in [0.4, 0.5) is 0 Å². The number of hydrogen-bond donors (Lipinski definition) is 0. The van der Waals surface area contributed by atoms with Gasteiger partial charge in [-0.05, 0) is 94.3 Å². The van der Waals surface area contributed by atoms with E-state index in [-0.39, 0.29) is 11.8 Å². The molecule has 0 saturated heterocycles. The zero-order chi connectivity index (χ0) is 22.3. The van der Waals surface area contributed by atoms with Gasteiger partial charge in [-0.15, -0.1) is 11.8 Å². The number of esters is 1. The number of hydrogen-bond acceptors (Lipinski definition) is 5. The largest absolute Gasteiger partial charge is 0.476 e. The second-order valence-corrected chi connectivity index (χ2v) is 8.47. The van der Waals surface area contributed by atoms with E-state index in [1.807, 2.05) is 62.6 Å². The van der Waals surface area contributed by atoms with E-state index in [1.54, 1.807) is 38.6 Å². The summed E-state index contributed by atoms with van der Waals surface area (Å²) in [5.41, 5.74) is 2.57. The fourth-order valence-electron chi connectivity index (χ4n) is 3.07. The quantitative estimate of drug-likeness (QED) is 0.222. The Kier molecular flexibility index (Phi) is 8.30. The van der Waals surface area contributed by atoms with Crippen LogP contribution in [0.15, 0.2) is 53.4 Å². The molecule has 0 aliphatic heterocycles. The zero-order valence-corrected chi connectivity index (χ0v) is 19.4. The Balaban J connectivity index is 2.08. The van der Waals surface area contributed by atoms with Crippen molar-refractivity contribution in [2.45, 2.75) is 51.5 Å². The van der Waals surface area contributed by atoms with Gasteiger partial charge in [0.2, 0.25) is 0 Å². The summed E-state index contributed by atoms with van der Waals surface area (Å²) in [4.78, 5) is 25.6. The number of rotatable bonds is 9. The van der Waals surface area contributed by atoms with Gasteiger partial charge >= 0.3 is 5.97 Å². The van der Waals surface area contributed by atoms with E-state index >= 15 is 0 Å². The van der Waals surface area contributed by atoms with Gasteiger partial charge in [-0.3, -0.25) is 4.79 Å². The van der Waals surface area contributed by atoms with Gasteiger partial charge in [0.05, 0.1) is 6.61 Å². The van der Waals surface area contributed by atoms with Gasteiger partial charge in [0.15, 0.2) is 11.4 Å². The van der Waals surface area contributed by atoms with Crippen LogP contribution in [0.2, 0.25) is 0 Å². The van der Waals surface area contributed by atoms with Crippen molar-refractivity contribution in [3.05, 3.63) is 70.8 Å². The standard InChI is InChI=1S/C25H30O4S/c1-7-28-24(27)25(4,5)29-23-17(2)15-19(16-18(23)3)9-8-10-22(26)20-11-13-21(30-6)14-12-20/h8,10-16H,7,9H2,1-6H3/b10-8+. The van der Waals surface area contributed by atoms with Crippen LogP contribution < -0.4 is 4.74 Å². The van der Waals surface area contributed by atoms with Crippen molar-refractivity contribution < 1.29 is 19.1 Å². The van der Waals surface area contributed by atoms with Gasteiger partial charge in [-0.1, -0.05) is 18.2 Å². The molecule has 0 unspecified atom stereocenters. The van der Waals surface area contributed by atoms with Gasteiger partial charge in [-0.2, -0.15) is 0 Å². The van der Waals surface area contributed by atoms with Crippen molar-refractivity contribution in [3.63, 3.8) is 0 Å². The van der Waals surface area contributed by atoms with Crippen molar-refractivity contribution in [2.75, 3.05) is 12.9 Å². The molecule has 0 spiro atoms. The van der Waals surface area contributed by atoms with E-state index in [1.165, 1.54) is 0 Å². The van der Waals surface area contributed by atoms with Crippen LogP contribution in [0.3, 0.4) is 0 Å². The van der Waals surface area contributed by atoms with Crippen LogP contribution >= 0.6 is 11.8 Å². The molecule has 2 aromatic rings. The van der Waals surface area contributed by atoms with Gasteiger partial charge in [0.1, 0.15) is 5.75 Å². The van der Waals surface area contributed by atoms with Crippen molar-refractivity contribution in [1.82, 2.24) is 0 Å². The summed E-state index contributed by atoms with van der Waals surface area (Å²) in [6, 6.07) is 11.6. The molecule has 0 atom stereocenters. The lowest BCUT2D eigenvalue weighted by Crippen LogP contribution is -2.40. The number of thioether (sulfide) groups is 1. The summed E-state index contributed by atoms with van der Waals surface area (Å²) >= 11 is 1.65. The lowest BCUT2D eigenvalue weighted by molar-refractivity contribution is -0.158. The number of benzene rings is 2. The summed E-state index contributed by atoms with van der Waals surface area (Å²) in [6.07, 6.45) is 6.14. The Labute approximate surface area is 183 Å². The van der Waals surface area contributed by atoms with Crippen molar-refractivity contribution in [1.29, 1.82) is 0 Å². The molecular formula is C25H30O4S. The Morgan fingerprint density at radius 3 is 2.20 bits per heavy atom. The third-order valence-electron chi connectivity index (χ3n) is 4.64. The number of carbonyl (C=O) groups excluding carboxylic acids is 2. The Morgan fingerprint density at radius 2 is 1.67 bits per heavy atom. The molecule has 0 aliphatic rings. The Morgan fingerprint density at radius 1 is 1.07 bits per heavy atom. The highest BCUT2D eigenvalue weighted by molar-refractivity contribution is 7.98. The predicted octanol–water partition coefficient (Wildman–Crippen LogP) is 5.73. The van der Waals surface area contributed by atoms with Crippen LogP contribution in [-0.4, -0.2) is 30.2 Å². The first-order valence-corrected chi connectivity index (χ1v) is 11.2. The summed E-state index contributed by atoms with van der Waals surface area (Å²) in [6.45, 7) is 9.41. The van der Waals surface area contributed by atoms with Gasteiger partial charge in [-0.25, -0.2) is 4.79 Å². The first-order valence-electron chi connectivity index (χ1n) is 9.99. The molecule has 0 heterocycles. The summed E-state index contributed by atoms with van der Waals surface area (Å²) < 4.78 is 11.1. The molecule has 0 N–H and O–H groups in total. The SMILES string of the molecule is CCOC(=O)C(C)(C)Oc1c(C)cc(C/C=C/C(=O)c2ccc(SC)cc2)cc1C. The molecule has 5 heteroatoms. The third-order valence-corrected chi connectivity index (χ3v) is 5.39. The van der Waals surface area contributed by atoms with Crippen LogP contribution in [0.25, 0.3) is 0 Å². The summed E-state index contributed by atoms with van der Waals surface area (Å²) in [7, 11) is 0. The summed E-state index contributed by atoms with van der Waals surface area (Å²) in [5, 5.41) is 0. The highest BCUT2D eigenvalue weighted by Gasteiger charge is 2.32. The molecule has 160 valence electrons. The first kappa shape index (κ1) is 23.7. The monoisotopic (exact) mass is 426 g/mol. The maximum Gasteiger partial charge on any atom is 0.349 e. The highest BCUT2D eigenvalue weighted by atomic mass is 32.2. The zero-order valence-electron chi connectivity index (χ0n) is 18.6. The minimum absolute atomic E-state index is 0.00719. The third kappa shape index (κ3) is 6.23. The summed E-state index contributed by atoms with van der Waals surface area (Å²) in [5.74, 6) is 0.290. The minimum atomic E-state index is -1.06. The Hall–Kier alpha value is -2.53. The van der Waals surface area contributed by atoms with E-state index in [9.17, 15) is 9.59 Å². The molecule has 0 fully saturated rings. The number of allylic oxidation sites excluding steroid dienone is 2. The van der Waals surface area contributed by atoms with E-state index < -0.39 is 5.60 Å². The van der Waals surface area contributed by atoms with Crippen molar-refractivity contribution in [2.24, 2.45) is 0 Å². The predicted molar refractivity (Wildman–Crippen MR) is 123 cm³/mol. The average Bonchev–Trinajstić information content (AvgIpc) is 2.71. The highest BCUT2D eigenvalue weighted by Crippen LogP contribution is 2.29. The van der Waals surface area contributed by atoms with E-state index in [2.05, 4.69) is 0 Å². The molecule has 2 rings (SSSR count). The first-order chi connectivity index (χ1) is 14.2. The van der Waals surface area contributed by atoms with Crippen LogP contribution in [0.5, 0.6) is 5.75 Å². The fraction of sp³-hybridized carbons (Fsp3) is 0.360. The average molecular weight is 427 g/mol. The lowest BCUT2D eigenvalue weighted by Gasteiger charge is -2.26. The smallest absolute Gasteiger partial charge is 0.349 e. The van der Waals surface area contributed by atoms with Crippen LogP contribution in [-0.2, 0) is 16.0 Å². The molecule has 0 aliphatic carbocycles. The molecule has 0 aromatic heterocycles. The van der Waals surface area contributed by atoms with E-state index in [4.69, 9.17) is 9.47 Å². The number of ether oxygens (including phenoxy) is 2. The van der Waals surface area contributed by atoms with Crippen LogP contribution in [0.1, 0.15) is 47.8 Å². The maximum absolute atomic E-state index is 12.3. The molecular weight excluding hydrogens is 396 g/mol. The maximum atomic E-state index is 12.3. The molecule has 30 heavy (non-hydrogen) atoms. The van der Waals surface area contributed by atoms with Gasteiger partial charge in [0, 0.05) is 10.5 Å². The van der Waals surface area contributed by atoms with Crippen molar-refractivity contribution in [3.8, 4) is 5.75 Å². The number of aryl methyl sites for hydroxylation is 2. The molecule has 0 bridgehead atoms. The fourth-order valence-corrected chi connectivity index (χ4v) is 3.48. The van der Waals surface area contributed by atoms with E-state index in [0.717, 1.165) is 21.6 Å². The molecule has 2 aromatic carbocycles. The van der Waals surface area contributed by atoms with Crippen molar-refractivity contribution >= 4 is 23.5 Å².